The van der Waals surface area contributed by atoms with Gasteiger partial charge in [0.2, 0.25) is 0 Å². The predicted octanol–water partition coefficient (Wildman–Crippen LogP) is 3.64. The third-order valence-corrected chi connectivity index (χ3v) is 4.09. The molecule has 25 heavy (non-hydrogen) atoms. The summed E-state index contributed by atoms with van der Waals surface area (Å²) in [4.78, 5) is 6.45. The molecule has 0 amide bonds. The summed E-state index contributed by atoms with van der Waals surface area (Å²) in [6.45, 7) is -1.11. The lowest BCUT2D eigenvalue weighted by Gasteiger charge is -2.35. The van der Waals surface area contributed by atoms with E-state index >= 15 is 0 Å². The fourth-order valence-electron chi connectivity index (χ4n) is 2.92. The van der Waals surface area contributed by atoms with Crippen LogP contribution in [0.1, 0.15) is 18.4 Å². The van der Waals surface area contributed by atoms with Crippen LogP contribution in [0.2, 0.25) is 0 Å². The minimum absolute atomic E-state index is 0.159. The molecule has 1 fully saturated rings. The topological polar surface area (TPSA) is 61.2 Å². The van der Waals surface area contributed by atoms with Crippen LogP contribution in [0.3, 0.4) is 0 Å². The summed E-state index contributed by atoms with van der Waals surface area (Å²) in [7, 11) is 0. The van der Waals surface area contributed by atoms with Crippen molar-refractivity contribution in [1.82, 2.24) is 4.98 Å². The second-order valence-electron chi connectivity index (χ2n) is 5.85. The number of benzene rings is 1. The van der Waals surface area contributed by atoms with E-state index in [-0.39, 0.29) is 11.8 Å². The van der Waals surface area contributed by atoms with E-state index in [1.165, 1.54) is 0 Å². The van der Waals surface area contributed by atoms with Crippen LogP contribution < -0.4 is 15.0 Å². The summed E-state index contributed by atoms with van der Waals surface area (Å²) in [6.07, 6.45) is 3.58. The van der Waals surface area contributed by atoms with Crippen LogP contribution in [-0.2, 0) is 0 Å². The Morgan fingerprint density at radius 3 is 2.68 bits per heavy atom. The Morgan fingerprint density at radius 1 is 1.24 bits per heavy atom. The number of rotatable bonds is 5. The van der Waals surface area contributed by atoms with Gasteiger partial charge in [0.25, 0.3) is 0 Å². The SMILES string of the molecule is N#Cc1ccc(NC2CCCN(c3ccc(OC(F)F)cc3)C2)nc1. The lowest BCUT2D eigenvalue weighted by atomic mass is 10.0. The van der Waals surface area contributed by atoms with E-state index in [0.29, 0.717) is 5.56 Å². The highest BCUT2D eigenvalue weighted by molar-refractivity contribution is 5.50. The minimum Gasteiger partial charge on any atom is -0.435 e. The average Bonchev–Trinajstić information content (AvgIpc) is 2.63. The summed E-state index contributed by atoms with van der Waals surface area (Å²) in [5, 5.41) is 12.2. The lowest BCUT2D eigenvalue weighted by Crippen LogP contribution is -2.42. The largest absolute Gasteiger partial charge is 0.435 e. The molecule has 0 spiro atoms. The van der Waals surface area contributed by atoms with Gasteiger partial charge in [-0.3, -0.25) is 0 Å². The van der Waals surface area contributed by atoms with Gasteiger partial charge in [0.15, 0.2) is 0 Å². The zero-order valence-electron chi connectivity index (χ0n) is 13.5. The van der Waals surface area contributed by atoms with E-state index in [1.807, 2.05) is 6.07 Å². The zero-order chi connectivity index (χ0) is 17.6. The highest BCUT2D eigenvalue weighted by Gasteiger charge is 2.20. The number of pyridine rings is 1. The molecule has 1 atom stereocenters. The van der Waals surface area contributed by atoms with Crippen LogP contribution in [0.25, 0.3) is 0 Å². The molecule has 1 unspecified atom stereocenters. The van der Waals surface area contributed by atoms with E-state index < -0.39 is 6.61 Å². The van der Waals surface area contributed by atoms with E-state index in [1.54, 1.807) is 42.6 Å². The molecule has 1 aliphatic heterocycles. The molecule has 0 radical (unpaired) electrons. The van der Waals surface area contributed by atoms with Gasteiger partial charge in [-0.05, 0) is 49.2 Å². The van der Waals surface area contributed by atoms with Crippen LogP contribution in [0.15, 0.2) is 42.6 Å². The first kappa shape index (κ1) is 17.0. The Kier molecular flexibility index (Phi) is 5.29. The predicted molar refractivity (Wildman–Crippen MR) is 90.9 cm³/mol. The maximum Gasteiger partial charge on any atom is 0.387 e. The van der Waals surface area contributed by atoms with Gasteiger partial charge in [-0.1, -0.05) is 0 Å². The van der Waals surface area contributed by atoms with Crippen LogP contribution in [-0.4, -0.2) is 30.7 Å². The Balaban J connectivity index is 1.61. The maximum atomic E-state index is 12.2. The number of anilines is 2. The average molecular weight is 344 g/mol. The van der Waals surface area contributed by atoms with Gasteiger partial charge in [0.05, 0.1) is 5.56 Å². The van der Waals surface area contributed by atoms with Gasteiger partial charge in [-0.25, -0.2) is 4.98 Å². The number of hydrogen-bond acceptors (Lipinski definition) is 5. The number of ether oxygens (including phenoxy) is 1. The number of nitriles is 1. The van der Waals surface area contributed by atoms with Crippen LogP contribution in [0, 0.1) is 11.3 Å². The van der Waals surface area contributed by atoms with Gasteiger partial charge in [0, 0.05) is 31.0 Å². The number of hydrogen-bond donors (Lipinski definition) is 1. The standard InChI is InChI=1S/C18H18F2N4O/c19-18(20)25-16-6-4-15(5-7-16)24-9-1-2-14(12-24)23-17-8-3-13(10-21)11-22-17/h3-8,11,14,18H,1-2,9,12H2,(H,22,23). The van der Waals surface area contributed by atoms with Crippen molar-refractivity contribution in [2.45, 2.75) is 25.5 Å². The number of halogens is 2. The summed E-state index contributed by atoms with van der Waals surface area (Å²) in [6, 6.07) is 12.5. The fraction of sp³-hybridized carbons (Fsp3) is 0.333. The van der Waals surface area contributed by atoms with Crippen molar-refractivity contribution in [2.75, 3.05) is 23.3 Å². The van der Waals surface area contributed by atoms with Crippen molar-refractivity contribution in [3.05, 3.63) is 48.2 Å². The monoisotopic (exact) mass is 344 g/mol. The summed E-state index contributed by atoms with van der Waals surface area (Å²) in [5.41, 5.74) is 1.50. The molecule has 1 aliphatic rings. The van der Waals surface area contributed by atoms with E-state index in [2.05, 4.69) is 19.9 Å². The Bertz CT molecular complexity index is 728. The van der Waals surface area contributed by atoms with Crippen LogP contribution in [0.5, 0.6) is 5.75 Å². The zero-order valence-corrected chi connectivity index (χ0v) is 13.5. The summed E-state index contributed by atoms with van der Waals surface area (Å²) < 4.78 is 28.8. The Hall–Kier alpha value is -2.88. The van der Waals surface area contributed by atoms with Crippen molar-refractivity contribution < 1.29 is 13.5 Å². The van der Waals surface area contributed by atoms with Crippen molar-refractivity contribution >= 4 is 11.5 Å². The molecule has 1 aromatic carbocycles. The number of nitrogens with zero attached hydrogens (tertiary/aromatic N) is 3. The molecule has 1 N–H and O–H groups in total. The number of aromatic nitrogens is 1. The second kappa shape index (κ2) is 7.79. The van der Waals surface area contributed by atoms with Gasteiger partial charge >= 0.3 is 6.61 Å². The molecule has 2 aromatic rings. The molecule has 7 heteroatoms. The molecule has 2 heterocycles. The molecule has 3 rings (SSSR count). The highest BCUT2D eigenvalue weighted by Crippen LogP contribution is 2.24. The molecule has 0 saturated carbocycles. The Morgan fingerprint density at radius 2 is 2.04 bits per heavy atom. The highest BCUT2D eigenvalue weighted by atomic mass is 19.3. The fourth-order valence-corrected chi connectivity index (χ4v) is 2.92. The number of piperidine rings is 1. The van der Waals surface area contributed by atoms with Crippen molar-refractivity contribution in [3.63, 3.8) is 0 Å². The molecule has 130 valence electrons. The molecule has 0 bridgehead atoms. The quantitative estimate of drug-likeness (QED) is 0.897. The van der Waals surface area contributed by atoms with Crippen LogP contribution in [0.4, 0.5) is 20.3 Å². The second-order valence-corrected chi connectivity index (χ2v) is 5.85. The van der Waals surface area contributed by atoms with Crippen molar-refractivity contribution in [1.29, 1.82) is 5.26 Å². The number of nitrogens with one attached hydrogen (secondary N) is 1. The summed E-state index contributed by atoms with van der Waals surface area (Å²) >= 11 is 0. The first-order valence-corrected chi connectivity index (χ1v) is 8.06. The van der Waals surface area contributed by atoms with Crippen molar-refractivity contribution in [2.24, 2.45) is 0 Å². The normalized spacial score (nSPS) is 17.2. The van der Waals surface area contributed by atoms with Gasteiger partial charge < -0.3 is 15.0 Å². The van der Waals surface area contributed by atoms with Crippen molar-refractivity contribution in [3.8, 4) is 11.8 Å². The van der Waals surface area contributed by atoms with Gasteiger partial charge in [-0.15, -0.1) is 0 Å². The first-order valence-electron chi connectivity index (χ1n) is 8.06. The third kappa shape index (κ3) is 4.57. The number of alkyl halides is 2. The van der Waals surface area contributed by atoms with Gasteiger partial charge in [-0.2, -0.15) is 14.0 Å². The first-order chi connectivity index (χ1) is 12.1. The van der Waals surface area contributed by atoms with E-state index in [4.69, 9.17) is 5.26 Å². The molecule has 1 saturated heterocycles. The van der Waals surface area contributed by atoms with Gasteiger partial charge in [0.1, 0.15) is 17.6 Å². The van der Waals surface area contributed by atoms with E-state index in [9.17, 15) is 8.78 Å². The minimum atomic E-state index is -2.81. The van der Waals surface area contributed by atoms with E-state index in [0.717, 1.165) is 37.4 Å². The molecular formula is C18H18F2N4O. The third-order valence-electron chi connectivity index (χ3n) is 4.09. The molecule has 5 nitrogen and oxygen atoms in total. The molecular weight excluding hydrogens is 326 g/mol. The lowest BCUT2D eigenvalue weighted by molar-refractivity contribution is -0.0498. The molecule has 1 aromatic heterocycles. The van der Waals surface area contributed by atoms with Crippen LogP contribution >= 0.6 is 0 Å². The summed E-state index contributed by atoms with van der Waals surface area (Å²) in [5.74, 6) is 0.902. The molecule has 0 aliphatic carbocycles. The smallest absolute Gasteiger partial charge is 0.387 e. The maximum absolute atomic E-state index is 12.2. The Labute approximate surface area is 144 Å².